The maximum atomic E-state index is 11.9. The van der Waals surface area contributed by atoms with Gasteiger partial charge in [-0.1, -0.05) is 6.07 Å². The quantitative estimate of drug-likeness (QED) is 0.630. The summed E-state index contributed by atoms with van der Waals surface area (Å²) in [4.78, 5) is 17.3. The fourth-order valence-electron chi connectivity index (χ4n) is 2.02. The second-order valence-corrected chi connectivity index (χ2v) is 8.15. The van der Waals surface area contributed by atoms with Gasteiger partial charge in [-0.3, -0.25) is 5.10 Å². The molecule has 3 rings (SSSR count). The van der Waals surface area contributed by atoms with E-state index in [-0.39, 0.29) is 11.4 Å². The van der Waals surface area contributed by atoms with Gasteiger partial charge in [0, 0.05) is 11.9 Å². The zero-order valence-corrected chi connectivity index (χ0v) is 14.8. The first-order chi connectivity index (χ1) is 11.9. The molecule has 0 saturated heterocycles. The molecule has 8 nitrogen and oxygen atoms in total. The summed E-state index contributed by atoms with van der Waals surface area (Å²) < 4.78 is 22.8. The van der Waals surface area contributed by atoms with Crippen LogP contribution in [-0.2, 0) is 16.4 Å². The highest BCUT2D eigenvalue weighted by Gasteiger charge is 2.09. The average molecular weight is 377 g/mol. The van der Waals surface area contributed by atoms with Crippen LogP contribution in [-0.4, -0.2) is 35.9 Å². The number of carbonyl (C=O) groups is 1. The molecule has 0 radical (unpaired) electrons. The van der Waals surface area contributed by atoms with Crippen LogP contribution in [0.2, 0.25) is 0 Å². The van der Waals surface area contributed by atoms with Crippen LogP contribution in [0.25, 0.3) is 10.7 Å². The van der Waals surface area contributed by atoms with Gasteiger partial charge in [0.2, 0.25) is 0 Å². The minimum Gasteiger partial charge on any atom is -0.331 e. The molecule has 10 heteroatoms. The van der Waals surface area contributed by atoms with E-state index >= 15 is 0 Å². The monoisotopic (exact) mass is 377 g/mol. The molecule has 0 aliphatic carbocycles. The molecule has 0 aliphatic rings. The molecule has 2 aromatic heterocycles. The molecule has 3 aromatic rings. The van der Waals surface area contributed by atoms with Gasteiger partial charge in [0.25, 0.3) is 0 Å². The minimum atomic E-state index is -3.26. The third-order valence-corrected chi connectivity index (χ3v) is 5.22. The molecule has 0 aliphatic heterocycles. The Kier molecular flexibility index (Phi) is 4.81. The molecular formula is C15H15N5O3S2. The molecule has 0 bridgehead atoms. The van der Waals surface area contributed by atoms with Gasteiger partial charge < -0.3 is 10.6 Å². The van der Waals surface area contributed by atoms with Gasteiger partial charge in [0.15, 0.2) is 15.7 Å². The SMILES string of the molecule is CS(=O)(=O)c1ccc(NC(=O)NCc2nc(-c3cccs3)n[nH]2)cc1. The summed E-state index contributed by atoms with van der Waals surface area (Å²) in [6, 6.07) is 9.33. The van der Waals surface area contributed by atoms with Crippen molar-refractivity contribution in [3.63, 3.8) is 0 Å². The van der Waals surface area contributed by atoms with Crippen LogP contribution in [0.15, 0.2) is 46.7 Å². The third kappa shape index (κ3) is 4.43. The Labute approximate surface area is 148 Å². The second kappa shape index (κ2) is 7.03. The summed E-state index contributed by atoms with van der Waals surface area (Å²) in [7, 11) is -3.26. The van der Waals surface area contributed by atoms with E-state index in [1.54, 1.807) is 0 Å². The number of thiophene rings is 1. The standard InChI is InChI=1S/C15H15N5O3S2/c1-25(22,23)11-6-4-10(5-7-11)17-15(21)16-9-13-18-14(20-19-13)12-3-2-8-24-12/h2-8H,9H2,1H3,(H2,16,17,21)(H,18,19,20). The Morgan fingerprint density at radius 1 is 1.24 bits per heavy atom. The number of amides is 2. The van der Waals surface area contributed by atoms with E-state index in [4.69, 9.17) is 0 Å². The maximum absolute atomic E-state index is 11.9. The van der Waals surface area contributed by atoms with E-state index in [2.05, 4.69) is 25.8 Å². The van der Waals surface area contributed by atoms with Crippen LogP contribution in [0, 0.1) is 0 Å². The molecule has 0 unspecified atom stereocenters. The van der Waals surface area contributed by atoms with Gasteiger partial charge in [0.05, 0.1) is 16.3 Å². The number of carbonyl (C=O) groups excluding carboxylic acids is 1. The lowest BCUT2D eigenvalue weighted by Crippen LogP contribution is -2.28. The number of benzene rings is 1. The number of anilines is 1. The Hall–Kier alpha value is -2.72. The maximum Gasteiger partial charge on any atom is 0.319 e. The zero-order valence-electron chi connectivity index (χ0n) is 13.2. The normalized spacial score (nSPS) is 11.2. The number of H-pyrrole nitrogens is 1. The Balaban J connectivity index is 1.55. The first-order valence-electron chi connectivity index (χ1n) is 7.22. The number of aromatic nitrogens is 3. The molecule has 0 saturated carbocycles. The fraction of sp³-hybridized carbons (Fsp3) is 0.133. The lowest BCUT2D eigenvalue weighted by molar-refractivity contribution is 0.251. The third-order valence-electron chi connectivity index (χ3n) is 3.23. The Morgan fingerprint density at radius 3 is 2.64 bits per heavy atom. The molecule has 130 valence electrons. The summed E-state index contributed by atoms with van der Waals surface area (Å²) in [6.45, 7) is 0.186. The summed E-state index contributed by atoms with van der Waals surface area (Å²) in [5.74, 6) is 1.12. The number of hydrogen-bond acceptors (Lipinski definition) is 6. The predicted octanol–water partition coefficient (Wildman–Crippen LogP) is 2.26. The average Bonchev–Trinajstić information content (AvgIpc) is 3.24. The van der Waals surface area contributed by atoms with Crippen molar-refractivity contribution < 1.29 is 13.2 Å². The number of aromatic amines is 1. The van der Waals surface area contributed by atoms with E-state index in [1.807, 2.05) is 17.5 Å². The van der Waals surface area contributed by atoms with Gasteiger partial charge in [-0.15, -0.1) is 11.3 Å². The largest absolute Gasteiger partial charge is 0.331 e. The summed E-state index contributed by atoms with van der Waals surface area (Å²) >= 11 is 1.53. The molecule has 25 heavy (non-hydrogen) atoms. The number of nitrogens with zero attached hydrogens (tertiary/aromatic N) is 2. The Morgan fingerprint density at radius 2 is 2.00 bits per heavy atom. The lowest BCUT2D eigenvalue weighted by Gasteiger charge is -2.07. The van der Waals surface area contributed by atoms with E-state index in [1.165, 1.54) is 35.6 Å². The number of urea groups is 1. The molecule has 1 aromatic carbocycles. The number of nitrogens with one attached hydrogen (secondary N) is 3. The number of rotatable bonds is 5. The fourth-order valence-corrected chi connectivity index (χ4v) is 3.30. The minimum absolute atomic E-state index is 0.186. The second-order valence-electron chi connectivity index (χ2n) is 5.19. The molecule has 0 spiro atoms. The van der Waals surface area contributed by atoms with Crippen molar-refractivity contribution in [3.8, 4) is 10.7 Å². The molecule has 0 fully saturated rings. The van der Waals surface area contributed by atoms with Gasteiger partial charge in [0.1, 0.15) is 5.82 Å². The highest BCUT2D eigenvalue weighted by Crippen LogP contribution is 2.20. The summed E-state index contributed by atoms with van der Waals surface area (Å²) in [5, 5.41) is 14.1. The van der Waals surface area contributed by atoms with E-state index in [9.17, 15) is 13.2 Å². The zero-order chi connectivity index (χ0) is 17.9. The highest BCUT2D eigenvalue weighted by molar-refractivity contribution is 7.90. The Bertz CT molecular complexity index is 963. The van der Waals surface area contributed by atoms with Gasteiger partial charge in [-0.25, -0.2) is 18.2 Å². The van der Waals surface area contributed by atoms with Gasteiger partial charge in [-0.2, -0.15) is 5.10 Å². The van der Waals surface area contributed by atoms with Crippen molar-refractivity contribution >= 4 is 32.9 Å². The molecule has 2 heterocycles. The summed E-state index contributed by atoms with van der Waals surface area (Å²) in [5.41, 5.74) is 0.488. The van der Waals surface area contributed by atoms with Crippen molar-refractivity contribution in [2.24, 2.45) is 0 Å². The highest BCUT2D eigenvalue weighted by atomic mass is 32.2. The van der Waals surface area contributed by atoms with Crippen molar-refractivity contribution in [1.29, 1.82) is 0 Å². The molecule has 2 amide bonds. The smallest absolute Gasteiger partial charge is 0.319 e. The van der Waals surface area contributed by atoms with Crippen molar-refractivity contribution in [3.05, 3.63) is 47.6 Å². The predicted molar refractivity (Wildman–Crippen MR) is 95.1 cm³/mol. The topological polar surface area (TPSA) is 117 Å². The van der Waals surface area contributed by atoms with E-state index in [0.717, 1.165) is 11.1 Å². The van der Waals surface area contributed by atoms with Gasteiger partial charge >= 0.3 is 6.03 Å². The molecular weight excluding hydrogens is 362 g/mol. The molecule has 0 atom stereocenters. The summed E-state index contributed by atoms with van der Waals surface area (Å²) in [6.07, 6.45) is 1.13. The first-order valence-corrected chi connectivity index (χ1v) is 9.99. The van der Waals surface area contributed by atoms with Crippen molar-refractivity contribution in [2.45, 2.75) is 11.4 Å². The van der Waals surface area contributed by atoms with E-state index in [0.29, 0.717) is 17.3 Å². The lowest BCUT2D eigenvalue weighted by atomic mass is 10.3. The number of hydrogen-bond donors (Lipinski definition) is 3. The van der Waals surface area contributed by atoms with Crippen LogP contribution in [0.3, 0.4) is 0 Å². The first kappa shape index (κ1) is 17.1. The van der Waals surface area contributed by atoms with Crippen LogP contribution < -0.4 is 10.6 Å². The van der Waals surface area contributed by atoms with Crippen LogP contribution in [0.5, 0.6) is 0 Å². The van der Waals surface area contributed by atoms with Gasteiger partial charge in [-0.05, 0) is 35.7 Å². The number of sulfone groups is 1. The van der Waals surface area contributed by atoms with E-state index < -0.39 is 15.9 Å². The van der Waals surface area contributed by atoms with Crippen LogP contribution in [0.4, 0.5) is 10.5 Å². The van der Waals surface area contributed by atoms with Crippen LogP contribution >= 0.6 is 11.3 Å². The van der Waals surface area contributed by atoms with Crippen molar-refractivity contribution in [1.82, 2.24) is 20.5 Å². The molecule has 3 N–H and O–H groups in total. The van der Waals surface area contributed by atoms with Crippen molar-refractivity contribution in [2.75, 3.05) is 11.6 Å². The van der Waals surface area contributed by atoms with Crippen LogP contribution in [0.1, 0.15) is 5.82 Å².